The molecule has 0 radical (unpaired) electrons. The van der Waals surface area contributed by atoms with Crippen LogP contribution >= 0.6 is 23.4 Å². The van der Waals surface area contributed by atoms with Gasteiger partial charge in [-0.3, -0.25) is 0 Å². The number of pyridine rings is 1. The summed E-state index contributed by atoms with van der Waals surface area (Å²) in [7, 11) is 0. The molecule has 0 unspecified atom stereocenters. The van der Waals surface area contributed by atoms with Crippen molar-refractivity contribution in [2.24, 2.45) is 0 Å². The standard InChI is InChI=1S/C10H10ClNS/c1-2-3-4-7-13-10-6-5-9(11)8-12-10/h1,5-6,8H,3-4,7H2. The SMILES string of the molecule is C#CCCCSc1ccc(Cl)cn1. The highest BCUT2D eigenvalue weighted by Gasteiger charge is 1.94. The van der Waals surface area contributed by atoms with E-state index in [1.54, 1.807) is 18.0 Å². The molecule has 0 N–H and O–H groups in total. The fraction of sp³-hybridized carbons (Fsp3) is 0.300. The molecule has 0 saturated carbocycles. The van der Waals surface area contributed by atoms with Gasteiger partial charge in [-0.05, 0) is 18.6 Å². The molecular weight excluding hydrogens is 202 g/mol. The molecular formula is C10H10ClNS. The Morgan fingerprint density at radius 2 is 2.38 bits per heavy atom. The van der Waals surface area contributed by atoms with Crippen molar-refractivity contribution in [1.29, 1.82) is 0 Å². The van der Waals surface area contributed by atoms with Gasteiger partial charge in [-0.25, -0.2) is 4.98 Å². The average molecular weight is 212 g/mol. The number of halogens is 1. The van der Waals surface area contributed by atoms with E-state index in [-0.39, 0.29) is 0 Å². The first-order chi connectivity index (χ1) is 6.33. The molecule has 0 fully saturated rings. The average Bonchev–Trinajstić information content (AvgIpc) is 2.15. The summed E-state index contributed by atoms with van der Waals surface area (Å²) in [6.07, 6.45) is 8.66. The quantitative estimate of drug-likeness (QED) is 0.431. The van der Waals surface area contributed by atoms with Crippen LogP contribution < -0.4 is 0 Å². The van der Waals surface area contributed by atoms with E-state index in [1.807, 2.05) is 12.1 Å². The van der Waals surface area contributed by atoms with Gasteiger partial charge in [0.05, 0.1) is 10.0 Å². The van der Waals surface area contributed by atoms with Crippen LogP contribution in [0.2, 0.25) is 5.02 Å². The molecule has 1 nitrogen and oxygen atoms in total. The molecule has 1 heterocycles. The van der Waals surface area contributed by atoms with Gasteiger partial charge in [0, 0.05) is 18.4 Å². The highest BCUT2D eigenvalue weighted by molar-refractivity contribution is 7.99. The summed E-state index contributed by atoms with van der Waals surface area (Å²) in [5.74, 6) is 3.62. The number of thioether (sulfide) groups is 1. The number of hydrogen-bond donors (Lipinski definition) is 0. The highest BCUT2D eigenvalue weighted by Crippen LogP contribution is 2.18. The molecule has 0 aliphatic heterocycles. The lowest BCUT2D eigenvalue weighted by atomic mass is 10.4. The Balaban J connectivity index is 2.30. The lowest BCUT2D eigenvalue weighted by molar-refractivity contribution is 0.992. The van der Waals surface area contributed by atoms with Gasteiger partial charge in [0.15, 0.2) is 0 Å². The Morgan fingerprint density at radius 3 is 3.00 bits per heavy atom. The van der Waals surface area contributed by atoms with Crippen molar-refractivity contribution in [3.05, 3.63) is 23.4 Å². The van der Waals surface area contributed by atoms with Crippen LogP contribution in [0.25, 0.3) is 0 Å². The van der Waals surface area contributed by atoms with Gasteiger partial charge in [0.2, 0.25) is 0 Å². The Morgan fingerprint density at radius 1 is 1.54 bits per heavy atom. The van der Waals surface area contributed by atoms with Crippen LogP contribution in [0.15, 0.2) is 23.4 Å². The lowest BCUT2D eigenvalue weighted by Gasteiger charge is -1.98. The van der Waals surface area contributed by atoms with Gasteiger partial charge in [-0.15, -0.1) is 24.1 Å². The van der Waals surface area contributed by atoms with E-state index in [1.165, 1.54) is 0 Å². The normalized spacial score (nSPS) is 9.54. The minimum atomic E-state index is 0.674. The predicted octanol–water partition coefficient (Wildman–Crippen LogP) is 3.24. The van der Waals surface area contributed by atoms with Gasteiger partial charge in [-0.2, -0.15) is 0 Å². The monoisotopic (exact) mass is 211 g/mol. The van der Waals surface area contributed by atoms with Gasteiger partial charge in [0.1, 0.15) is 0 Å². The number of nitrogens with zero attached hydrogens (tertiary/aromatic N) is 1. The van der Waals surface area contributed by atoms with Crippen molar-refractivity contribution in [2.75, 3.05) is 5.75 Å². The zero-order chi connectivity index (χ0) is 9.52. The fourth-order valence-electron chi connectivity index (χ4n) is 0.799. The summed E-state index contributed by atoms with van der Waals surface area (Å²) >= 11 is 7.40. The van der Waals surface area contributed by atoms with Crippen molar-refractivity contribution in [1.82, 2.24) is 4.98 Å². The number of aromatic nitrogens is 1. The summed E-state index contributed by atoms with van der Waals surface area (Å²) in [5, 5.41) is 1.68. The van der Waals surface area contributed by atoms with Crippen molar-refractivity contribution in [3.8, 4) is 12.3 Å². The van der Waals surface area contributed by atoms with Crippen molar-refractivity contribution in [3.63, 3.8) is 0 Å². The zero-order valence-corrected chi connectivity index (χ0v) is 8.74. The van der Waals surface area contributed by atoms with E-state index in [2.05, 4.69) is 10.9 Å². The van der Waals surface area contributed by atoms with Crippen LogP contribution in [0.4, 0.5) is 0 Å². The van der Waals surface area contributed by atoms with E-state index >= 15 is 0 Å². The maximum absolute atomic E-state index is 5.70. The zero-order valence-electron chi connectivity index (χ0n) is 7.16. The summed E-state index contributed by atoms with van der Waals surface area (Å²) in [6.45, 7) is 0. The molecule has 0 aliphatic rings. The van der Waals surface area contributed by atoms with Gasteiger partial charge in [0.25, 0.3) is 0 Å². The van der Waals surface area contributed by atoms with E-state index in [4.69, 9.17) is 18.0 Å². The molecule has 1 aromatic heterocycles. The van der Waals surface area contributed by atoms with Crippen molar-refractivity contribution >= 4 is 23.4 Å². The minimum absolute atomic E-state index is 0.674. The molecule has 0 atom stereocenters. The molecule has 3 heteroatoms. The van der Waals surface area contributed by atoms with Crippen LogP contribution in [0.3, 0.4) is 0 Å². The summed E-state index contributed by atoms with van der Waals surface area (Å²) in [5.41, 5.74) is 0. The van der Waals surface area contributed by atoms with Crippen molar-refractivity contribution < 1.29 is 0 Å². The third-order valence-electron chi connectivity index (χ3n) is 1.42. The van der Waals surface area contributed by atoms with E-state index in [0.29, 0.717) is 5.02 Å². The fourth-order valence-corrected chi connectivity index (χ4v) is 1.70. The van der Waals surface area contributed by atoms with Gasteiger partial charge < -0.3 is 0 Å². The van der Waals surface area contributed by atoms with Crippen LogP contribution in [0.5, 0.6) is 0 Å². The first-order valence-corrected chi connectivity index (χ1v) is 5.37. The summed E-state index contributed by atoms with van der Waals surface area (Å²) in [4.78, 5) is 4.16. The molecule has 0 spiro atoms. The molecule has 0 bridgehead atoms. The molecule has 0 amide bonds. The van der Waals surface area contributed by atoms with Crippen molar-refractivity contribution in [2.45, 2.75) is 17.9 Å². The summed E-state index contributed by atoms with van der Waals surface area (Å²) in [6, 6.07) is 3.76. The molecule has 1 aromatic rings. The van der Waals surface area contributed by atoms with E-state index < -0.39 is 0 Å². The summed E-state index contributed by atoms with van der Waals surface area (Å²) < 4.78 is 0. The maximum Gasteiger partial charge on any atom is 0.0960 e. The minimum Gasteiger partial charge on any atom is -0.248 e. The molecule has 68 valence electrons. The Hall–Kier alpha value is -0.650. The largest absolute Gasteiger partial charge is 0.248 e. The number of rotatable bonds is 4. The molecule has 1 rings (SSSR count). The third-order valence-corrected chi connectivity index (χ3v) is 2.67. The highest BCUT2D eigenvalue weighted by atomic mass is 35.5. The second-order valence-corrected chi connectivity index (χ2v) is 4.02. The van der Waals surface area contributed by atoms with Crippen LogP contribution in [0, 0.1) is 12.3 Å². The number of unbranched alkanes of at least 4 members (excludes halogenated alkanes) is 1. The van der Waals surface area contributed by atoms with Gasteiger partial charge in [-0.1, -0.05) is 11.6 Å². The topological polar surface area (TPSA) is 12.9 Å². The Kier molecular flexibility index (Phi) is 4.74. The molecule has 0 saturated heterocycles. The predicted molar refractivity (Wildman–Crippen MR) is 58.0 cm³/mol. The molecule has 0 aromatic carbocycles. The Labute approximate surface area is 87.9 Å². The molecule has 13 heavy (non-hydrogen) atoms. The second kappa shape index (κ2) is 5.90. The number of hydrogen-bond acceptors (Lipinski definition) is 2. The van der Waals surface area contributed by atoms with Crippen LogP contribution in [-0.4, -0.2) is 10.7 Å². The maximum atomic E-state index is 5.70. The van der Waals surface area contributed by atoms with Gasteiger partial charge >= 0.3 is 0 Å². The lowest BCUT2D eigenvalue weighted by Crippen LogP contribution is -1.82. The Bertz CT molecular complexity index is 289. The van der Waals surface area contributed by atoms with Crippen LogP contribution in [0.1, 0.15) is 12.8 Å². The van der Waals surface area contributed by atoms with Crippen LogP contribution in [-0.2, 0) is 0 Å². The first kappa shape index (κ1) is 10.4. The van der Waals surface area contributed by atoms with E-state index in [9.17, 15) is 0 Å². The first-order valence-electron chi connectivity index (χ1n) is 4.01. The number of terminal acetylenes is 1. The second-order valence-electron chi connectivity index (χ2n) is 2.47. The third kappa shape index (κ3) is 4.21. The van der Waals surface area contributed by atoms with E-state index in [0.717, 1.165) is 23.6 Å². The molecule has 0 aliphatic carbocycles. The smallest absolute Gasteiger partial charge is 0.0960 e.